The lowest BCUT2D eigenvalue weighted by molar-refractivity contribution is -0.0361. The van der Waals surface area contributed by atoms with E-state index in [1.807, 2.05) is 0 Å². The molecule has 0 radical (unpaired) electrons. The van der Waals surface area contributed by atoms with E-state index >= 15 is 0 Å². The van der Waals surface area contributed by atoms with E-state index in [-0.39, 0.29) is 31.9 Å². The lowest BCUT2D eigenvalue weighted by Gasteiger charge is -2.48. The van der Waals surface area contributed by atoms with Crippen molar-refractivity contribution in [1.82, 2.24) is 10.2 Å². The monoisotopic (exact) mass is 420 g/mol. The molecular formula is C18H23Cl3N2O3. The Balaban J connectivity index is 1.78. The number of phenols is 1. The van der Waals surface area contributed by atoms with Gasteiger partial charge in [0.05, 0.1) is 28.3 Å². The fraction of sp³-hybridized carbons (Fsp3) is 0.611. The number of amides is 1. The average molecular weight is 422 g/mol. The predicted molar refractivity (Wildman–Crippen MR) is 104 cm³/mol. The zero-order chi connectivity index (χ0) is 18.7. The van der Waals surface area contributed by atoms with Gasteiger partial charge in [0, 0.05) is 25.2 Å². The van der Waals surface area contributed by atoms with Crippen LogP contribution in [0.25, 0.3) is 0 Å². The number of nitrogens with one attached hydrogen (secondary N) is 1. The summed E-state index contributed by atoms with van der Waals surface area (Å²) in [6, 6.07) is 1.33. The summed E-state index contributed by atoms with van der Waals surface area (Å²) < 4.78 is 5.48. The first-order valence-corrected chi connectivity index (χ1v) is 10.1. The molecule has 1 heterocycles. The highest BCUT2D eigenvalue weighted by Crippen LogP contribution is 2.39. The molecule has 3 rings (SSSR count). The normalized spacial score (nSPS) is 20.7. The molecule has 2 fully saturated rings. The van der Waals surface area contributed by atoms with Crippen LogP contribution in [0.3, 0.4) is 0 Å². The summed E-state index contributed by atoms with van der Waals surface area (Å²) in [5, 5.41) is 13.3. The number of ether oxygens (including phenoxy) is 1. The number of halogens is 3. The van der Waals surface area contributed by atoms with E-state index in [4.69, 9.17) is 39.5 Å². The summed E-state index contributed by atoms with van der Waals surface area (Å²) in [6.45, 7) is 3.65. The summed E-state index contributed by atoms with van der Waals surface area (Å²) in [6.07, 6.45) is 5.56. The fourth-order valence-electron chi connectivity index (χ4n) is 3.98. The van der Waals surface area contributed by atoms with Crippen molar-refractivity contribution in [3.63, 3.8) is 0 Å². The third kappa shape index (κ3) is 4.07. The number of phenolic OH excluding ortho intramolecular Hbond substituents is 1. The molecule has 0 unspecified atom stereocenters. The quantitative estimate of drug-likeness (QED) is 0.718. The van der Waals surface area contributed by atoms with Gasteiger partial charge in [-0.3, -0.25) is 9.69 Å². The van der Waals surface area contributed by atoms with E-state index in [2.05, 4.69) is 10.2 Å². The molecule has 1 saturated heterocycles. The maximum Gasteiger partial charge on any atom is 0.256 e. The Morgan fingerprint density at radius 1 is 1.15 bits per heavy atom. The van der Waals surface area contributed by atoms with E-state index in [1.165, 1.54) is 12.5 Å². The van der Waals surface area contributed by atoms with Gasteiger partial charge in [0.2, 0.25) is 0 Å². The van der Waals surface area contributed by atoms with Crippen LogP contribution < -0.4 is 5.32 Å². The van der Waals surface area contributed by atoms with E-state index in [0.29, 0.717) is 19.8 Å². The van der Waals surface area contributed by atoms with Crippen molar-refractivity contribution < 1.29 is 14.6 Å². The Labute approximate surface area is 168 Å². The molecule has 0 spiro atoms. The summed E-state index contributed by atoms with van der Waals surface area (Å²) in [4.78, 5) is 15.2. The van der Waals surface area contributed by atoms with Crippen molar-refractivity contribution in [2.75, 3.05) is 32.8 Å². The van der Waals surface area contributed by atoms with Crippen molar-refractivity contribution in [2.45, 2.75) is 37.6 Å². The zero-order valence-electron chi connectivity index (χ0n) is 14.5. The fourth-order valence-corrected chi connectivity index (χ4v) is 4.67. The molecule has 1 aliphatic carbocycles. The van der Waals surface area contributed by atoms with Gasteiger partial charge in [-0.1, -0.05) is 54.1 Å². The third-order valence-corrected chi connectivity index (χ3v) is 6.49. The minimum absolute atomic E-state index is 0.00473. The van der Waals surface area contributed by atoms with Crippen molar-refractivity contribution in [2.24, 2.45) is 0 Å². The lowest BCUT2D eigenvalue weighted by atomic mass is 9.79. The third-order valence-electron chi connectivity index (χ3n) is 5.42. The zero-order valence-corrected chi connectivity index (χ0v) is 16.8. The molecule has 8 heteroatoms. The molecule has 1 aromatic rings. The van der Waals surface area contributed by atoms with Crippen LogP contribution in [-0.4, -0.2) is 54.3 Å². The summed E-state index contributed by atoms with van der Waals surface area (Å²) in [5.41, 5.74) is -0.153. The molecule has 1 aromatic carbocycles. The van der Waals surface area contributed by atoms with Crippen LogP contribution in [0.4, 0.5) is 0 Å². The molecule has 1 saturated carbocycles. The first-order valence-electron chi connectivity index (χ1n) is 8.92. The highest BCUT2D eigenvalue weighted by atomic mass is 35.5. The number of rotatable bonds is 4. The van der Waals surface area contributed by atoms with Crippen LogP contribution in [0.1, 0.15) is 42.5 Å². The Kier molecular flexibility index (Phi) is 6.57. The van der Waals surface area contributed by atoms with Crippen molar-refractivity contribution in [1.29, 1.82) is 0 Å². The van der Waals surface area contributed by atoms with Crippen LogP contribution in [-0.2, 0) is 4.74 Å². The molecule has 144 valence electrons. The highest BCUT2D eigenvalue weighted by molar-refractivity contribution is 6.45. The average Bonchev–Trinajstić information content (AvgIpc) is 2.66. The number of nitrogens with zero attached hydrogens (tertiary/aromatic N) is 1. The minimum Gasteiger partial charge on any atom is -0.505 e. The summed E-state index contributed by atoms with van der Waals surface area (Å²) in [5.74, 6) is -0.808. The van der Waals surface area contributed by atoms with Crippen molar-refractivity contribution >= 4 is 40.7 Å². The van der Waals surface area contributed by atoms with E-state index in [9.17, 15) is 9.90 Å². The molecular weight excluding hydrogens is 399 g/mol. The van der Waals surface area contributed by atoms with Gasteiger partial charge in [0.25, 0.3) is 5.91 Å². The molecule has 0 aromatic heterocycles. The number of carbonyl (C=O) groups is 1. The molecule has 1 amide bonds. The van der Waals surface area contributed by atoms with Gasteiger partial charge in [0.1, 0.15) is 11.3 Å². The highest BCUT2D eigenvalue weighted by Gasteiger charge is 2.39. The summed E-state index contributed by atoms with van der Waals surface area (Å²) >= 11 is 18.1. The van der Waals surface area contributed by atoms with Gasteiger partial charge >= 0.3 is 0 Å². The standard InChI is InChI=1S/C18H23Cl3N2O3/c19-12-10-13(20)16(24)14(15(12)21)17(25)22-11-18(4-2-1-3-5-18)23-6-8-26-9-7-23/h10,24H,1-9,11H2,(H,22,25). The second-order valence-electron chi connectivity index (χ2n) is 6.94. The van der Waals surface area contributed by atoms with Gasteiger partial charge < -0.3 is 15.2 Å². The number of benzene rings is 1. The van der Waals surface area contributed by atoms with Gasteiger partial charge in [-0.2, -0.15) is 0 Å². The van der Waals surface area contributed by atoms with Crippen LogP contribution in [0.2, 0.25) is 15.1 Å². The predicted octanol–water partition coefficient (Wildman–Crippen LogP) is 4.12. The molecule has 5 nitrogen and oxygen atoms in total. The smallest absolute Gasteiger partial charge is 0.256 e. The second kappa shape index (κ2) is 8.53. The van der Waals surface area contributed by atoms with Gasteiger partial charge in [-0.05, 0) is 18.9 Å². The first kappa shape index (κ1) is 20.0. The van der Waals surface area contributed by atoms with E-state index in [1.54, 1.807) is 0 Å². The van der Waals surface area contributed by atoms with E-state index in [0.717, 1.165) is 38.8 Å². The Bertz CT molecular complexity index is 646. The number of morpholine rings is 1. The number of hydrogen-bond donors (Lipinski definition) is 2. The van der Waals surface area contributed by atoms with Crippen molar-refractivity contribution in [3.05, 3.63) is 26.7 Å². The molecule has 2 N–H and O–H groups in total. The van der Waals surface area contributed by atoms with Crippen molar-refractivity contribution in [3.8, 4) is 5.75 Å². The molecule has 0 atom stereocenters. The molecule has 0 bridgehead atoms. The Morgan fingerprint density at radius 2 is 1.81 bits per heavy atom. The largest absolute Gasteiger partial charge is 0.505 e. The maximum absolute atomic E-state index is 12.7. The number of hydrogen-bond acceptors (Lipinski definition) is 4. The SMILES string of the molecule is O=C(NCC1(N2CCOCC2)CCCCC1)c1c(O)c(Cl)cc(Cl)c1Cl. The first-order chi connectivity index (χ1) is 12.4. The molecule has 1 aliphatic heterocycles. The van der Waals surface area contributed by atoms with E-state index < -0.39 is 5.91 Å². The van der Waals surface area contributed by atoms with Gasteiger partial charge in [0.15, 0.2) is 0 Å². The Hall–Kier alpha value is -0.720. The van der Waals surface area contributed by atoms with Gasteiger partial charge in [-0.25, -0.2) is 0 Å². The summed E-state index contributed by atoms with van der Waals surface area (Å²) in [7, 11) is 0. The molecule has 2 aliphatic rings. The topological polar surface area (TPSA) is 61.8 Å². The Morgan fingerprint density at radius 3 is 2.46 bits per heavy atom. The second-order valence-corrected chi connectivity index (χ2v) is 8.14. The van der Waals surface area contributed by atoms with Gasteiger partial charge in [-0.15, -0.1) is 0 Å². The maximum atomic E-state index is 12.7. The minimum atomic E-state index is -0.463. The van der Waals surface area contributed by atoms with Crippen LogP contribution in [0, 0.1) is 0 Å². The number of carbonyl (C=O) groups excluding carboxylic acids is 1. The van der Waals surface area contributed by atoms with Crippen LogP contribution in [0.5, 0.6) is 5.75 Å². The van der Waals surface area contributed by atoms with Crippen LogP contribution >= 0.6 is 34.8 Å². The van der Waals surface area contributed by atoms with Crippen LogP contribution in [0.15, 0.2) is 6.07 Å². The lowest BCUT2D eigenvalue weighted by Crippen LogP contribution is -2.59. The number of aromatic hydroxyl groups is 1. The molecule has 26 heavy (non-hydrogen) atoms.